The molecule has 0 amide bonds. The topological polar surface area (TPSA) is 84.7 Å². The Balaban J connectivity index is 2.03. The molecular weight excluding hydrogens is 324 g/mol. The normalized spacial score (nSPS) is 27.6. The molecule has 0 saturated heterocycles. The van der Waals surface area contributed by atoms with Crippen LogP contribution in [-0.4, -0.2) is 38.5 Å². The van der Waals surface area contributed by atoms with Gasteiger partial charge in [-0.2, -0.15) is 0 Å². The van der Waals surface area contributed by atoms with Crippen molar-refractivity contribution in [3.05, 3.63) is 23.1 Å². The number of nitrogens with zero attached hydrogens (tertiary/aromatic N) is 2. The Morgan fingerprint density at radius 3 is 2.88 bits per heavy atom. The molecule has 6 nitrogen and oxygen atoms in total. The Morgan fingerprint density at radius 2 is 2.17 bits per heavy atom. The van der Waals surface area contributed by atoms with Gasteiger partial charge in [0.25, 0.3) is 0 Å². The number of aliphatic imine (C=N–C) groups is 2. The molecule has 4 N–H and O–H groups in total. The van der Waals surface area contributed by atoms with E-state index in [1.807, 2.05) is 0 Å². The minimum Gasteiger partial charge on any atom is -0.392 e. The largest absolute Gasteiger partial charge is 0.392 e. The first-order valence-electron chi connectivity index (χ1n) is 8.44. The summed E-state index contributed by atoms with van der Waals surface area (Å²) in [5.74, 6) is 2.22. The van der Waals surface area contributed by atoms with Gasteiger partial charge in [-0.3, -0.25) is 4.99 Å². The van der Waals surface area contributed by atoms with Crippen molar-refractivity contribution >= 4 is 30.4 Å². The van der Waals surface area contributed by atoms with Crippen molar-refractivity contribution in [1.82, 2.24) is 16.0 Å². The van der Waals surface area contributed by atoms with Crippen LogP contribution >= 0.6 is 11.6 Å². The molecule has 0 aromatic carbocycles. The van der Waals surface area contributed by atoms with E-state index >= 15 is 0 Å². The van der Waals surface area contributed by atoms with Crippen LogP contribution in [0.4, 0.5) is 0 Å². The molecule has 2 saturated carbocycles. The van der Waals surface area contributed by atoms with Crippen molar-refractivity contribution in [3.8, 4) is 0 Å². The van der Waals surface area contributed by atoms with Gasteiger partial charge in [-0.25, -0.2) is 4.99 Å². The lowest BCUT2D eigenvalue weighted by atomic mass is 9.97. The molecule has 24 heavy (non-hydrogen) atoms. The van der Waals surface area contributed by atoms with Gasteiger partial charge in [0.05, 0.1) is 5.70 Å². The first-order valence-corrected chi connectivity index (χ1v) is 8.82. The molecule has 0 aliphatic heterocycles. The monoisotopic (exact) mass is 350 g/mol. The number of rotatable bonds is 8. The van der Waals surface area contributed by atoms with E-state index in [9.17, 15) is 0 Å². The summed E-state index contributed by atoms with van der Waals surface area (Å²) in [7, 11) is 1.79. The fourth-order valence-corrected chi connectivity index (χ4v) is 3.94. The van der Waals surface area contributed by atoms with Gasteiger partial charge in [-0.05, 0) is 37.8 Å². The molecule has 2 aliphatic rings. The van der Waals surface area contributed by atoms with Crippen LogP contribution in [0.2, 0.25) is 0 Å². The number of hydrogen-bond donors (Lipinski definition) is 4. The Hall–Kier alpha value is -1.82. The highest BCUT2D eigenvalue weighted by Gasteiger charge is 2.39. The minimum atomic E-state index is 0.327. The van der Waals surface area contributed by atoms with E-state index in [0.717, 1.165) is 11.8 Å². The van der Waals surface area contributed by atoms with Crippen molar-refractivity contribution in [1.29, 1.82) is 5.41 Å². The molecule has 0 radical (unpaired) electrons. The average Bonchev–Trinajstić information content (AvgIpc) is 3.17. The molecule has 3 atom stereocenters. The Morgan fingerprint density at radius 1 is 1.33 bits per heavy atom. The van der Waals surface area contributed by atoms with Crippen LogP contribution in [0.1, 0.15) is 32.1 Å². The number of allylic oxidation sites excluding steroid dienone is 1. The fourth-order valence-electron chi connectivity index (χ4n) is 3.76. The molecule has 2 fully saturated rings. The molecule has 0 bridgehead atoms. The Kier molecular flexibility index (Phi) is 7.31. The zero-order valence-electron chi connectivity index (χ0n) is 14.2. The third kappa shape index (κ3) is 4.84. The van der Waals surface area contributed by atoms with E-state index in [2.05, 4.69) is 32.7 Å². The quantitative estimate of drug-likeness (QED) is 0.401. The molecule has 2 aliphatic carbocycles. The zero-order valence-corrected chi connectivity index (χ0v) is 14.9. The van der Waals surface area contributed by atoms with Crippen LogP contribution in [0.15, 0.2) is 33.1 Å². The third-order valence-corrected chi connectivity index (χ3v) is 5.09. The summed E-state index contributed by atoms with van der Waals surface area (Å²) in [6.07, 6.45) is 10.9. The van der Waals surface area contributed by atoms with Crippen molar-refractivity contribution in [2.45, 2.75) is 38.1 Å². The maximum atomic E-state index is 7.34. The maximum absolute atomic E-state index is 7.34. The molecule has 7 heteroatoms. The number of fused-ring (bicyclic) bond motifs is 1. The van der Waals surface area contributed by atoms with E-state index in [4.69, 9.17) is 17.0 Å². The number of nitrogens with one attached hydrogen (secondary N) is 4. The van der Waals surface area contributed by atoms with Crippen LogP contribution in [0.3, 0.4) is 0 Å². The molecule has 0 aromatic rings. The second kappa shape index (κ2) is 9.47. The second-order valence-corrected chi connectivity index (χ2v) is 6.62. The van der Waals surface area contributed by atoms with Crippen LogP contribution in [-0.2, 0) is 0 Å². The summed E-state index contributed by atoms with van der Waals surface area (Å²) in [6, 6.07) is 0.429. The number of hydrogen-bond acceptors (Lipinski definition) is 5. The molecule has 132 valence electrons. The van der Waals surface area contributed by atoms with E-state index in [0.29, 0.717) is 29.3 Å². The molecular formula is C17H27ClN6. The van der Waals surface area contributed by atoms with Crippen molar-refractivity contribution in [2.75, 3.05) is 13.7 Å². The molecule has 0 heterocycles. The van der Waals surface area contributed by atoms with Crippen molar-refractivity contribution in [3.63, 3.8) is 0 Å². The SMILES string of the molecule is C=N/C=C(Cl)\C(=N/CN/C(C=N)=C/NC)NC1CCC2CCCC21. The van der Waals surface area contributed by atoms with Crippen LogP contribution in [0, 0.1) is 17.2 Å². The van der Waals surface area contributed by atoms with E-state index in [-0.39, 0.29) is 0 Å². The Bertz CT molecular complexity index is 539. The summed E-state index contributed by atoms with van der Waals surface area (Å²) in [5, 5.41) is 17.3. The van der Waals surface area contributed by atoms with Crippen LogP contribution in [0.5, 0.6) is 0 Å². The maximum Gasteiger partial charge on any atom is 0.143 e. The second-order valence-electron chi connectivity index (χ2n) is 6.22. The van der Waals surface area contributed by atoms with Gasteiger partial charge >= 0.3 is 0 Å². The van der Waals surface area contributed by atoms with Gasteiger partial charge < -0.3 is 21.4 Å². The van der Waals surface area contributed by atoms with Gasteiger partial charge in [0.2, 0.25) is 0 Å². The summed E-state index contributed by atoms with van der Waals surface area (Å²) < 4.78 is 0. The van der Waals surface area contributed by atoms with Crippen LogP contribution in [0.25, 0.3) is 0 Å². The number of amidine groups is 1. The summed E-state index contributed by atoms with van der Waals surface area (Å²) in [4.78, 5) is 8.27. The van der Waals surface area contributed by atoms with Crippen LogP contribution < -0.4 is 16.0 Å². The lowest BCUT2D eigenvalue weighted by Gasteiger charge is -2.22. The van der Waals surface area contributed by atoms with Gasteiger partial charge in [0, 0.05) is 31.7 Å². The summed E-state index contributed by atoms with van der Waals surface area (Å²) in [6.45, 7) is 3.78. The van der Waals surface area contributed by atoms with Crippen molar-refractivity contribution < 1.29 is 0 Å². The molecule has 0 spiro atoms. The zero-order chi connectivity index (χ0) is 17.4. The first kappa shape index (κ1) is 18.5. The fraction of sp³-hybridized carbons (Fsp3) is 0.588. The van der Waals surface area contributed by atoms with Gasteiger partial charge in [-0.15, -0.1) is 0 Å². The highest BCUT2D eigenvalue weighted by Crippen LogP contribution is 2.44. The lowest BCUT2D eigenvalue weighted by molar-refractivity contribution is 0.400. The van der Waals surface area contributed by atoms with Gasteiger partial charge in [0.1, 0.15) is 17.5 Å². The standard InChI is InChI=1S/C17H27ClN6/c1-20-9-13(8-19)22-11-23-17(15(18)10-21-2)24-16-7-6-12-4-3-5-14(12)16/h8-10,12,14,16,19-20,22H,2-7,11H2,1H3,(H,23,24)/b13-9+,15-10+,19-8?. The predicted molar refractivity (Wildman–Crippen MR) is 102 cm³/mol. The molecule has 3 unspecified atom stereocenters. The van der Waals surface area contributed by atoms with Crippen molar-refractivity contribution in [2.24, 2.45) is 21.8 Å². The summed E-state index contributed by atoms with van der Waals surface area (Å²) >= 11 is 6.31. The third-order valence-electron chi connectivity index (χ3n) is 4.81. The molecule has 2 rings (SSSR count). The number of halogens is 1. The lowest BCUT2D eigenvalue weighted by Crippen LogP contribution is -2.38. The molecule has 0 aromatic heterocycles. The average molecular weight is 351 g/mol. The summed E-state index contributed by atoms with van der Waals surface area (Å²) in [5.41, 5.74) is 0.652. The minimum absolute atomic E-state index is 0.327. The highest BCUT2D eigenvalue weighted by molar-refractivity contribution is 6.43. The van der Waals surface area contributed by atoms with E-state index in [1.165, 1.54) is 44.5 Å². The predicted octanol–water partition coefficient (Wildman–Crippen LogP) is 2.59. The Labute approximate surface area is 149 Å². The smallest absolute Gasteiger partial charge is 0.143 e. The van der Waals surface area contributed by atoms with E-state index in [1.54, 1.807) is 13.2 Å². The van der Waals surface area contributed by atoms with Gasteiger partial charge in [0.15, 0.2) is 0 Å². The first-order chi connectivity index (χ1) is 11.7. The van der Waals surface area contributed by atoms with Gasteiger partial charge in [-0.1, -0.05) is 24.4 Å². The highest BCUT2D eigenvalue weighted by atomic mass is 35.5. The van der Waals surface area contributed by atoms with E-state index < -0.39 is 0 Å².